The van der Waals surface area contributed by atoms with E-state index in [9.17, 15) is 4.79 Å². The van der Waals surface area contributed by atoms with Crippen molar-refractivity contribution in [1.82, 2.24) is 24.1 Å². The van der Waals surface area contributed by atoms with Crippen LogP contribution in [-0.2, 0) is 6.54 Å². The summed E-state index contributed by atoms with van der Waals surface area (Å²) in [5, 5.41) is 0.542. The molecule has 0 saturated heterocycles. The molecule has 0 aliphatic rings. The van der Waals surface area contributed by atoms with Gasteiger partial charge in [0.05, 0.1) is 17.4 Å². The summed E-state index contributed by atoms with van der Waals surface area (Å²) in [4.78, 5) is 28.3. The number of rotatable bonds is 9. The Kier molecular flexibility index (Phi) is 6.62. The zero-order valence-electron chi connectivity index (χ0n) is 20.9. The molecule has 5 aromatic rings. The van der Waals surface area contributed by atoms with Gasteiger partial charge in [-0.3, -0.25) is 13.9 Å². The monoisotopic (exact) mass is 467 g/mol. The van der Waals surface area contributed by atoms with E-state index in [0.29, 0.717) is 34.7 Å². The number of fused-ring (bicyclic) bond motifs is 4. The minimum atomic E-state index is -0.0463. The van der Waals surface area contributed by atoms with Crippen molar-refractivity contribution < 1.29 is 0 Å². The first-order chi connectivity index (χ1) is 17.1. The van der Waals surface area contributed by atoms with E-state index in [-0.39, 0.29) is 5.56 Å². The normalized spacial score (nSPS) is 12.7. The molecule has 2 aromatic carbocycles. The third-order valence-corrected chi connectivity index (χ3v) is 7.07. The predicted octanol–water partition coefficient (Wildman–Crippen LogP) is 6.77. The van der Waals surface area contributed by atoms with Crippen LogP contribution in [0.25, 0.3) is 38.9 Å². The second-order valence-electron chi connectivity index (χ2n) is 9.48. The molecule has 3 aromatic heterocycles. The van der Waals surface area contributed by atoms with Crippen LogP contribution in [0.1, 0.15) is 70.8 Å². The third kappa shape index (κ3) is 4.33. The van der Waals surface area contributed by atoms with Crippen molar-refractivity contribution in [3.63, 3.8) is 0 Å². The van der Waals surface area contributed by atoms with Gasteiger partial charge >= 0.3 is 0 Å². The lowest BCUT2D eigenvalue weighted by Crippen LogP contribution is -2.20. The van der Waals surface area contributed by atoms with Crippen LogP contribution in [0.4, 0.5) is 0 Å². The number of aryl methyl sites for hydroxylation is 1. The first kappa shape index (κ1) is 23.2. The Balaban J connectivity index is 1.68. The quantitative estimate of drug-likeness (QED) is 0.224. The van der Waals surface area contributed by atoms with Gasteiger partial charge in [-0.1, -0.05) is 70.7 Å². The molecular formula is C29H33N5O. The van der Waals surface area contributed by atoms with Gasteiger partial charge in [-0.15, -0.1) is 0 Å². The minimum Gasteiger partial charge on any atom is -0.299 e. The average molecular weight is 468 g/mol. The van der Waals surface area contributed by atoms with E-state index in [0.717, 1.165) is 36.0 Å². The van der Waals surface area contributed by atoms with Crippen molar-refractivity contribution >= 4 is 33.2 Å². The van der Waals surface area contributed by atoms with Gasteiger partial charge in [0.1, 0.15) is 10.9 Å². The van der Waals surface area contributed by atoms with E-state index in [1.54, 1.807) is 10.9 Å². The number of nitrogens with zero attached hydrogens (tertiary/aromatic N) is 5. The molecule has 5 rings (SSSR count). The Bertz CT molecular complexity index is 1530. The van der Waals surface area contributed by atoms with E-state index in [4.69, 9.17) is 15.0 Å². The molecule has 0 amide bonds. The summed E-state index contributed by atoms with van der Waals surface area (Å²) in [5.41, 5.74) is 5.66. The van der Waals surface area contributed by atoms with Gasteiger partial charge in [0.2, 0.25) is 0 Å². The topological polar surface area (TPSA) is 65.6 Å². The number of para-hydroxylation sites is 2. The van der Waals surface area contributed by atoms with Crippen molar-refractivity contribution in [2.45, 2.75) is 71.8 Å². The maximum Gasteiger partial charge on any atom is 0.265 e. The number of benzene rings is 2. The lowest BCUT2D eigenvalue weighted by atomic mass is 9.99. The number of hydrogen-bond acceptors (Lipinski definition) is 4. The van der Waals surface area contributed by atoms with Gasteiger partial charge in [0.25, 0.3) is 5.56 Å². The van der Waals surface area contributed by atoms with Crippen LogP contribution >= 0.6 is 0 Å². The van der Waals surface area contributed by atoms with Gasteiger partial charge in [0, 0.05) is 12.2 Å². The lowest BCUT2D eigenvalue weighted by Gasteiger charge is -2.11. The van der Waals surface area contributed by atoms with Crippen LogP contribution in [-0.4, -0.2) is 24.1 Å². The SMILES string of the molecule is CCCCCCCn1cnc2c(c1=O)c1nc3ccccc3nc1n2-c1ccc(C(C)CC)cc1. The van der Waals surface area contributed by atoms with E-state index in [1.807, 2.05) is 28.8 Å². The Morgan fingerprint density at radius 2 is 1.57 bits per heavy atom. The molecule has 0 aliphatic heterocycles. The fourth-order valence-electron chi connectivity index (χ4n) is 4.75. The van der Waals surface area contributed by atoms with E-state index >= 15 is 0 Å². The van der Waals surface area contributed by atoms with Gasteiger partial charge in [-0.25, -0.2) is 15.0 Å². The molecule has 0 radical (unpaired) electrons. The molecule has 1 atom stereocenters. The highest BCUT2D eigenvalue weighted by Crippen LogP contribution is 2.29. The van der Waals surface area contributed by atoms with E-state index < -0.39 is 0 Å². The Hall–Kier alpha value is -3.54. The molecule has 6 heteroatoms. The third-order valence-electron chi connectivity index (χ3n) is 7.07. The number of hydrogen-bond donors (Lipinski definition) is 0. The molecule has 0 bridgehead atoms. The molecular weight excluding hydrogens is 434 g/mol. The van der Waals surface area contributed by atoms with Crippen LogP contribution in [0.15, 0.2) is 59.7 Å². The highest BCUT2D eigenvalue weighted by molar-refractivity contribution is 6.05. The smallest absolute Gasteiger partial charge is 0.265 e. The standard InChI is InChI=1S/C29H33N5O/c1-4-6-7-8-11-18-33-19-30-27-25(29(33)35)26-28(32-24-13-10-9-12-23(24)31-26)34(27)22-16-14-21(15-17-22)20(3)5-2/h9-10,12-17,19-20H,4-8,11,18H2,1-3H3. The summed E-state index contributed by atoms with van der Waals surface area (Å²) < 4.78 is 3.72. The second-order valence-corrected chi connectivity index (χ2v) is 9.48. The maximum atomic E-state index is 13.7. The summed E-state index contributed by atoms with van der Waals surface area (Å²) in [6.07, 6.45) is 8.50. The van der Waals surface area contributed by atoms with Gasteiger partial charge < -0.3 is 0 Å². The zero-order valence-corrected chi connectivity index (χ0v) is 20.9. The molecule has 180 valence electrons. The molecule has 35 heavy (non-hydrogen) atoms. The Morgan fingerprint density at radius 3 is 2.29 bits per heavy atom. The van der Waals surface area contributed by atoms with Gasteiger partial charge in [-0.05, 0) is 48.6 Å². The molecule has 0 saturated carbocycles. The van der Waals surface area contributed by atoms with Crippen molar-refractivity contribution in [3.05, 3.63) is 70.8 Å². The molecule has 1 unspecified atom stereocenters. The van der Waals surface area contributed by atoms with Crippen molar-refractivity contribution in [2.75, 3.05) is 0 Å². The first-order valence-electron chi connectivity index (χ1n) is 12.9. The number of unbranched alkanes of at least 4 members (excludes halogenated alkanes) is 4. The summed E-state index contributed by atoms with van der Waals surface area (Å²) in [6, 6.07) is 16.3. The van der Waals surface area contributed by atoms with Gasteiger partial charge in [-0.2, -0.15) is 0 Å². The first-order valence-corrected chi connectivity index (χ1v) is 12.9. The largest absolute Gasteiger partial charge is 0.299 e. The average Bonchev–Trinajstić information content (AvgIpc) is 3.21. The van der Waals surface area contributed by atoms with Crippen LogP contribution in [0.3, 0.4) is 0 Å². The fraction of sp³-hybridized carbons (Fsp3) is 0.379. The van der Waals surface area contributed by atoms with Crippen LogP contribution < -0.4 is 5.56 Å². The van der Waals surface area contributed by atoms with Crippen molar-refractivity contribution in [1.29, 1.82) is 0 Å². The van der Waals surface area contributed by atoms with Crippen LogP contribution in [0.5, 0.6) is 0 Å². The fourth-order valence-corrected chi connectivity index (χ4v) is 4.75. The maximum absolute atomic E-state index is 13.7. The van der Waals surface area contributed by atoms with Crippen LogP contribution in [0.2, 0.25) is 0 Å². The summed E-state index contributed by atoms with van der Waals surface area (Å²) in [5.74, 6) is 0.494. The van der Waals surface area contributed by atoms with Crippen molar-refractivity contribution in [2.24, 2.45) is 0 Å². The molecule has 3 heterocycles. The Morgan fingerprint density at radius 1 is 0.857 bits per heavy atom. The zero-order chi connectivity index (χ0) is 24.4. The highest BCUT2D eigenvalue weighted by atomic mass is 16.1. The van der Waals surface area contributed by atoms with E-state index in [2.05, 4.69) is 45.0 Å². The Labute approximate surface area is 205 Å². The van der Waals surface area contributed by atoms with Crippen LogP contribution in [0, 0.1) is 0 Å². The molecule has 0 fully saturated rings. The summed E-state index contributed by atoms with van der Waals surface area (Å²) >= 11 is 0. The van der Waals surface area contributed by atoms with Gasteiger partial charge in [0.15, 0.2) is 11.3 Å². The predicted molar refractivity (Wildman–Crippen MR) is 143 cm³/mol. The summed E-state index contributed by atoms with van der Waals surface area (Å²) in [7, 11) is 0. The lowest BCUT2D eigenvalue weighted by molar-refractivity contribution is 0.556. The number of aromatic nitrogens is 5. The molecule has 0 aliphatic carbocycles. The minimum absolute atomic E-state index is 0.0463. The van der Waals surface area contributed by atoms with Crippen molar-refractivity contribution in [3.8, 4) is 5.69 Å². The second kappa shape index (κ2) is 9.98. The summed E-state index contributed by atoms with van der Waals surface area (Å²) in [6.45, 7) is 7.31. The molecule has 0 spiro atoms. The molecule has 6 nitrogen and oxygen atoms in total. The van der Waals surface area contributed by atoms with E-state index in [1.165, 1.54) is 24.8 Å². The molecule has 0 N–H and O–H groups in total. The highest BCUT2D eigenvalue weighted by Gasteiger charge is 2.21.